The number of nitrogens with zero attached hydrogens (tertiary/aromatic N) is 2. The molecule has 3 heterocycles. The fraction of sp³-hybridized carbons (Fsp3) is 0.188. The number of thiophene rings is 1. The maximum absolute atomic E-state index is 13.0. The molecule has 1 unspecified atom stereocenters. The fourth-order valence-electron chi connectivity index (χ4n) is 2.77. The summed E-state index contributed by atoms with van der Waals surface area (Å²) in [7, 11) is 0. The second-order valence-corrected chi connectivity index (χ2v) is 7.11. The van der Waals surface area contributed by atoms with Crippen LogP contribution in [0.1, 0.15) is 21.3 Å². The molecule has 1 aliphatic rings. The van der Waals surface area contributed by atoms with Crippen molar-refractivity contribution < 1.29 is 9.59 Å². The summed E-state index contributed by atoms with van der Waals surface area (Å²) in [5.74, 6) is -0.237. The molecule has 23 heavy (non-hydrogen) atoms. The number of amides is 2. The van der Waals surface area contributed by atoms with E-state index < -0.39 is 6.04 Å². The number of hydrogen-bond donors (Lipinski definition) is 1. The molecule has 3 aromatic rings. The van der Waals surface area contributed by atoms with Gasteiger partial charge in [-0.3, -0.25) is 9.59 Å². The number of rotatable bonds is 2. The number of hydrogen-bond acceptors (Lipinski definition) is 5. The van der Waals surface area contributed by atoms with E-state index in [0.29, 0.717) is 18.7 Å². The fourth-order valence-corrected chi connectivity index (χ4v) is 4.32. The minimum absolute atomic E-state index is 0.117. The highest BCUT2D eigenvalue weighted by Crippen LogP contribution is 2.29. The van der Waals surface area contributed by atoms with Crippen LogP contribution in [0.2, 0.25) is 0 Å². The molecule has 2 aromatic heterocycles. The zero-order chi connectivity index (χ0) is 15.8. The zero-order valence-electron chi connectivity index (χ0n) is 12.1. The van der Waals surface area contributed by atoms with Crippen molar-refractivity contribution >= 4 is 44.7 Å². The van der Waals surface area contributed by atoms with E-state index >= 15 is 0 Å². The van der Waals surface area contributed by atoms with Gasteiger partial charge in [0, 0.05) is 23.5 Å². The van der Waals surface area contributed by atoms with Crippen molar-refractivity contribution in [3.05, 3.63) is 51.7 Å². The molecule has 1 N–H and O–H groups in total. The third-order valence-electron chi connectivity index (χ3n) is 3.86. The molecule has 1 aliphatic heterocycles. The van der Waals surface area contributed by atoms with Gasteiger partial charge in [0.15, 0.2) is 0 Å². The van der Waals surface area contributed by atoms with Crippen molar-refractivity contribution in [1.82, 2.24) is 15.2 Å². The van der Waals surface area contributed by atoms with E-state index in [1.54, 1.807) is 16.5 Å². The van der Waals surface area contributed by atoms with Crippen LogP contribution in [0.3, 0.4) is 0 Å². The smallest absolute Gasteiger partial charge is 0.254 e. The summed E-state index contributed by atoms with van der Waals surface area (Å²) in [6.45, 7) is 0.989. The molecule has 1 fully saturated rings. The lowest BCUT2D eigenvalue weighted by molar-refractivity contribution is -0.127. The van der Waals surface area contributed by atoms with Gasteiger partial charge in [-0.05, 0) is 29.6 Å². The van der Waals surface area contributed by atoms with Gasteiger partial charge >= 0.3 is 0 Å². The van der Waals surface area contributed by atoms with Gasteiger partial charge in [0.25, 0.3) is 5.91 Å². The van der Waals surface area contributed by atoms with Gasteiger partial charge < -0.3 is 10.2 Å². The monoisotopic (exact) mass is 343 g/mol. The lowest BCUT2D eigenvalue weighted by Crippen LogP contribution is -2.51. The molecule has 2 amide bonds. The summed E-state index contributed by atoms with van der Waals surface area (Å²) in [4.78, 5) is 32.0. The van der Waals surface area contributed by atoms with Gasteiger partial charge in [-0.25, -0.2) is 4.98 Å². The van der Waals surface area contributed by atoms with Crippen LogP contribution < -0.4 is 5.32 Å². The van der Waals surface area contributed by atoms with Gasteiger partial charge in [0.1, 0.15) is 6.04 Å². The second-order valence-electron chi connectivity index (χ2n) is 5.24. The number of carbonyl (C=O) groups excluding carboxylic acids is 2. The Labute approximate surface area is 140 Å². The molecule has 0 aliphatic carbocycles. The Balaban J connectivity index is 1.71. The third-order valence-corrected chi connectivity index (χ3v) is 5.58. The van der Waals surface area contributed by atoms with Crippen molar-refractivity contribution in [2.75, 3.05) is 13.1 Å². The van der Waals surface area contributed by atoms with Gasteiger partial charge in [-0.2, -0.15) is 0 Å². The van der Waals surface area contributed by atoms with Gasteiger partial charge in [-0.1, -0.05) is 6.07 Å². The van der Waals surface area contributed by atoms with E-state index in [4.69, 9.17) is 0 Å². The van der Waals surface area contributed by atoms with E-state index in [2.05, 4.69) is 10.3 Å². The zero-order valence-corrected chi connectivity index (χ0v) is 13.7. The number of thiazole rings is 1. The predicted molar refractivity (Wildman–Crippen MR) is 90.7 cm³/mol. The Hall–Kier alpha value is -2.25. The van der Waals surface area contributed by atoms with E-state index in [1.165, 1.54) is 22.7 Å². The molecule has 7 heteroatoms. The Kier molecular flexibility index (Phi) is 3.59. The second kappa shape index (κ2) is 5.75. The maximum atomic E-state index is 13.0. The molecular weight excluding hydrogens is 330 g/mol. The predicted octanol–water partition coefficient (Wildman–Crippen LogP) is 2.67. The largest absolute Gasteiger partial charge is 0.352 e. The summed E-state index contributed by atoms with van der Waals surface area (Å²) in [6, 6.07) is 8.73. The van der Waals surface area contributed by atoms with E-state index in [-0.39, 0.29) is 11.8 Å². The Morgan fingerprint density at radius 2 is 2.22 bits per heavy atom. The molecule has 5 nitrogen and oxygen atoms in total. The third kappa shape index (κ3) is 2.51. The number of benzene rings is 1. The maximum Gasteiger partial charge on any atom is 0.254 e. The topological polar surface area (TPSA) is 62.3 Å². The standard InChI is InChI=1S/C16H13N3O2S2/c20-15-14(12-2-1-7-22-12)19(6-5-17-15)16(21)10-3-4-11-13(8-10)23-9-18-11/h1-4,7-9,14H,5-6H2,(H,17,20). The van der Waals surface area contributed by atoms with Crippen molar-refractivity contribution in [1.29, 1.82) is 0 Å². The first-order valence-corrected chi connectivity index (χ1v) is 8.95. The van der Waals surface area contributed by atoms with E-state index in [1.807, 2.05) is 29.6 Å². The lowest BCUT2D eigenvalue weighted by atomic mass is 10.1. The highest BCUT2D eigenvalue weighted by Gasteiger charge is 2.35. The Morgan fingerprint density at radius 3 is 3.04 bits per heavy atom. The molecule has 116 valence electrons. The molecule has 1 aromatic carbocycles. The normalized spacial score (nSPS) is 18.2. The Morgan fingerprint density at radius 1 is 1.30 bits per heavy atom. The summed E-state index contributed by atoms with van der Waals surface area (Å²) in [5.41, 5.74) is 3.25. The molecule has 4 rings (SSSR count). The highest BCUT2D eigenvalue weighted by molar-refractivity contribution is 7.16. The number of aromatic nitrogens is 1. The van der Waals surface area contributed by atoms with Crippen LogP contribution in [0.4, 0.5) is 0 Å². The molecular formula is C16H13N3O2S2. The number of fused-ring (bicyclic) bond motifs is 1. The average Bonchev–Trinajstić information content (AvgIpc) is 3.24. The quantitative estimate of drug-likeness (QED) is 0.778. The lowest BCUT2D eigenvalue weighted by Gasteiger charge is -2.34. The van der Waals surface area contributed by atoms with Gasteiger partial charge in [0.05, 0.1) is 15.7 Å². The molecule has 1 atom stereocenters. The summed E-state index contributed by atoms with van der Waals surface area (Å²) in [5, 5.41) is 4.77. The molecule has 0 bridgehead atoms. The van der Waals surface area contributed by atoms with E-state index in [9.17, 15) is 9.59 Å². The van der Waals surface area contributed by atoms with Crippen LogP contribution in [0.15, 0.2) is 41.2 Å². The highest BCUT2D eigenvalue weighted by atomic mass is 32.1. The van der Waals surface area contributed by atoms with E-state index in [0.717, 1.165) is 15.1 Å². The molecule has 0 saturated carbocycles. The minimum atomic E-state index is -0.548. The summed E-state index contributed by atoms with van der Waals surface area (Å²) < 4.78 is 0.977. The van der Waals surface area contributed by atoms with Gasteiger partial charge in [0.2, 0.25) is 5.91 Å². The van der Waals surface area contributed by atoms with Crippen LogP contribution in [0.5, 0.6) is 0 Å². The summed E-state index contributed by atoms with van der Waals surface area (Å²) >= 11 is 3.00. The molecule has 1 saturated heterocycles. The Bertz CT molecular complexity index is 872. The summed E-state index contributed by atoms with van der Waals surface area (Å²) in [6.07, 6.45) is 0. The first-order valence-electron chi connectivity index (χ1n) is 7.19. The number of piperazine rings is 1. The first kappa shape index (κ1) is 14.3. The van der Waals surface area contributed by atoms with Crippen LogP contribution in [-0.4, -0.2) is 34.8 Å². The first-order chi connectivity index (χ1) is 11.2. The van der Waals surface area contributed by atoms with Gasteiger partial charge in [-0.15, -0.1) is 22.7 Å². The van der Waals surface area contributed by atoms with Crippen LogP contribution in [0, 0.1) is 0 Å². The van der Waals surface area contributed by atoms with Crippen LogP contribution in [0.25, 0.3) is 10.2 Å². The molecule has 0 spiro atoms. The SMILES string of the molecule is O=C1NCCN(C(=O)c2ccc3ncsc3c2)C1c1cccs1. The van der Waals surface area contributed by atoms with Crippen molar-refractivity contribution in [2.24, 2.45) is 0 Å². The van der Waals surface area contributed by atoms with Crippen molar-refractivity contribution in [3.63, 3.8) is 0 Å². The average molecular weight is 343 g/mol. The number of carbonyl (C=O) groups is 2. The minimum Gasteiger partial charge on any atom is -0.352 e. The van der Waals surface area contributed by atoms with Crippen molar-refractivity contribution in [3.8, 4) is 0 Å². The number of nitrogens with one attached hydrogen (secondary N) is 1. The molecule has 0 radical (unpaired) electrons. The van der Waals surface area contributed by atoms with Crippen molar-refractivity contribution in [2.45, 2.75) is 6.04 Å². The van der Waals surface area contributed by atoms with Crippen LogP contribution >= 0.6 is 22.7 Å². The van der Waals surface area contributed by atoms with Crippen LogP contribution in [-0.2, 0) is 4.79 Å².